The van der Waals surface area contributed by atoms with Crippen LogP contribution in [0.4, 0.5) is 17.1 Å². The molecule has 1 aliphatic heterocycles. The van der Waals surface area contributed by atoms with Crippen molar-refractivity contribution < 1.29 is 9.72 Å². The lowest BCUT2D eigenvalue weighted by Gasteiger charge is -2.31. The van der Waals surface area contributed by atoms with Crippen LogP contribution in [0.25, 0.3) is 0 Å². The fourth-order valence-electron chi connectivity index (χ4n) is 3.31. The Bertz CT molecular complexity index is 820. The summed E-state index contributed by atoms with van der Waals surface area (Å²) in [7, 11) is 0. The monoisotopic (exact) mass is 368 g/mol. The molecular formula is C20H24N4O3. The van der Waals surface area contributed by atoms with Gasteiger partial charge in [-0.15, -0.1) is 0 Å². The number of nitro benzene ring substituents is 1. The number of anilines is 2. The molecule has 142 valence electrons. The zero-order valence-electron chi connectivity index (χ0n) is 15.4. The molecule has 27 heavy (non-hydrogen) atoms. The molecule has 0 bridgehead atoms. The maximum Gasteiger partial charge on any atom is 0.269 e. The highest BCUT2D eigenvalue weighted by Crippen LogP contribution is 2.27. The normalized spacial score (nSPS) is 13.0. The molecule has 0 unspecified atom stereocenters. The van der Waals surface area contributed by atoms with Gasteiger partial charge in [-0.25, -0.2) is 0 Å². The largest absolute Gasteiger partial charge is 0.383 e. The molecule has 0 spiro atoms. The van der Waals surface area contributed by atoms with E-state index in [0.717, 1.165) is 30.8 Å². The summed E-state index contributed by atoms with van der Waals surface area (Å²) in [5.41, 5.74) is 4.57. The molecule has 2 aromatic rings. The third-order valence-electron chi connectivity index (χ3n) is 4.64. The van der Waals surface area contributed by atoms with Crippen LogP contribution in [0, 0.1) is 17.0 Å². The van der Waals surface area contributed by atoms with Crippen molar-refractivity contribution in [3.05, 3.63) is 63.7 Å². The predicted molar refractivity (Wildman–Crippen MR) is 106 cm³/mol. The fourth-order valence-corrected chi connectivity index (χ4v) is 3.31. The standard InChI is InChI=1S/C20H24N4O3/c1-15-4-9-19-16(13-15)3-2-12-23(19)14-20(25)22-11-10-21-17-5-7-18(8-6-17)24(26)27/h4-9,13,21H,2-3,10-12,14H2,1H3,(H,22,25). The Morgan fingerprint density at radius 2 is 1.96 bits per heavy atom. The zero-order chi connectivity index (χ0) is 19.2. The molecule has 0 saturated carbocycles. The summed E-state index contributed by atoms with van der Waals surface area (Å²) in [6.07, 6.45) is 2.12. The van der Waals surface area contributed by atoms with Crippen LogP contribution in [-0.4, -0.2) is 37.0 Å². The Morgan fingerprint density at radius 1 is 1.19 bits per heavy atom. The molecule has 1 aliphatic rings. The lowest BCUT2D eigenvalue weighted by molar-refractivity contribution is -0.384. The van der Waals surface area contributed by atoms with Gasteiger partial charge in [-0.1, -0.05) is 17.7 Å². The van der Waals surface area contributed by atoms with Gasteiger partial charge in [0.15, 0.2) is 0 Å². The average Bonchev–Trinajstić information content (AvgIpc) is 2.65. The molecule has 0 aliphatic carbocycles. The van der Waals surface area contributed by atoms with Crippen molar-refractivity contribution in [2.45, 2.75) is 19.8 Å². The van der Waals surface area contributed by atoms with Crippen LogP contribution >= 0.6 is 0 Å². The minimum absolute atomic E-state index is 0.00563. The van der Waals surface area contributed by atoms with Crippen molar-refractivity contribution in [2.24, 2.45) is 0 Å². The summed E-state index contributed by atoms with van der Waals surface area (Å²) in [4.78, 5) is 24.6. The second kappa shape index (κ2) is 8.53. The number of rotatable bonds is 7. The van der Waals surface area contributed by atoms with Crippen LogP contribution < -0.4 is 15.5 Å². The Hall–Kier alpha value is -3.09. The highest BCUT2D eigenvalue weighted by molar-refractivity contribution is 5.82. The number of carbonyl (C=O) groups excluding carboxylic acids is 1. The van der Waals surface area contributed by atoms with Crippen LogP contribution in [0.15, 0.2) is 42.5 Å². The third-order valence-corrected chi connectivity index (χ3v) is 4.64. The number of amides is 1. The number of hydrogen-bond donors (Lipinski definition) is 2. The van der Waals surface area contributed by atoms with Gasteiger partial charge in [0.2, 0.25) is 5.91 Å². The van der Waals surface area contributed by atoms with Gasteiger partial charge < -0.3 is 15.5 Å². The van der Waals surface area contributed by atoms with Crippen LogP contribution in [0.5, 0.6) is 0 Å². The van der Waals surface area contributed by atoms with Crippen LogP contribution in [0.1, 0.15) is 17.5 Å². The van der Waals surface area contributed by atoms with Gasteiger partial charge in [-0.2, -0.15) is 0 Å². The number of non-ortho nitro benzene ring substituents is 1. The van der Waals surface area contributed by atoms with Crippen molar-refractivity contribution in [3.8, 4) is 0 Å². The first kappa shape index (κ1) is 18.7. The molecule has 0 fully saturated rings. The lowest BCUT2D eigenvalue weighted by Crippen LogP contribution is -2.41. The first-order valence-electron chi connectivity index (χ1n) is 9.12. The van der Waals surface area contributed by atoms with Crippen LogP contribution in [0.3, 0.4) is 0 Å². The topological polar surface area (TPSA) is 87.5 Å². The number of nitrogens with one attached hydrogen (secondary N) is 2. The Labute approximate surface area is 158 Å². The number of nitrogens with zero attached hydrogens (tertiary/aromatic N) is 2. The second-order valence-electron chi connectivity index (χ2n) is 6.74. The van der Waals surface area contributed by atoms with Gasteiger partial charge in [0, 0.05) is 43.1 Å². The quantitative estimate of drug-likeness (QED) is 0.446. The van der Waals surface area contributed by atoms with Gasteiger partial charge in [-0.3, -0.25) is 14.9 Å². The third kappa shape index (κ3) is 4.97. The van der Waals surface area contributed by atoms with E-state index in [9.17, 15) is 14.9 Å². The summed E-state index contributed by atoms with van der Waals surface area (Å²) >= 11 is 0. The van der Waals surface area contributed by atoms with E-state index in [2.05, 4.69) is 40.7 Å². The number of fused-ring (bicyclic) bond motifs is 1. The number of benzene rings is 2. The van der Waals surface area contributed by atoms with Gasteiger partial charge >= 0.3 is 0 Å². The predicted octanol–water partition coefficient (Wildman–Crippen LogP) is 2.88. The number of hydrogen-bond acceptors (Lipinski definition) is 5. The highest BCUT2D eigenvalue weighted by Gasteiger charge is 2.18. The van der Waals surface area contributed by atoms with Crippen molar-refractivity contribution in [1.82, 2.24) is 5.32 Å². The van der Waals surface area contributed by atoms with Crippen molar-refractivity contribution in [1.29, 1.82) is 0 Å². The molecular weight excluding hydrogens is 344 g/mol. The van der Waals surface area contributed by atoms with E-state index < -0.39 is 4.92 Å². The molecule has 1 amide bonds. The lowest BCUT2D eigenvalue weighted by atomic mass is 9.99. The van der Waals surface area contributed by atoms with E-state index in [1.807, 2.05) is 0 Å². The van der Waals surface area contributed by atoms with Gasteiger partial charge in [0.1, 0.15) is 0 Å². The molecule has 0 atom stereocenters. The molecule has 7 nitrogen and oxygen atoms in total. The minimum Gasteiger partial charge on any atom is -0.383 e. The maximum absolute atomic E-state index is 12.3. The van der Waals surface area contributed by atoms with E-state index in [0.29, 0.717) is 19.6 Å². The zero-order valence-corrected chi connectivity index (χ0v) is 15.4. The fraction of sp³-hybridized carbons (Fsp3) is 0.350. The molecule has 0 saturated heterocycles. The Balaban J connectivity index is 1.43. The summed E-state index contributed by atoms with van der Waals surface area (Å²) in [5.74, 6) is -0.00563. The van der Waals surface area contributed by atoms with E-state index in [1.54, 1.807) is 12.1 Å². The van der Waals surface area contributed by atoms with Crippen LogP contribution in [-0.2, 0) is 11.2 Å². The molecule has 3 rings (SSSR count). The summed E-state index contributed by atoms with van der Waals surface area (Å²) in [5, 5.41) is 16.7. The number of carbonyl (C=O) groups is 1. The molecule has 1 heterocycles. The maximum atomic E-state index is 12.3. The first-order valence-corrected chi connectivity index (χ1v) is 9.12. The average molecular weight is 368 g/mol. The van der Waals surface area contributed by atoms with E-state index in [1.165, 1.54) is 23.3 Å². The molecule has 7 heteroatoms. The second-order valence-corrected chi connectivity index (χ2v) is 6.74. The van der Waals surface area contributed by atoms with Gasteiger partial charge in [0.05, 0.1) is 11.5 Å². The SMILES string of the molecule is Cc1ccc2c(c1)CCCN2CC(=O)NCCNc1ccc([N+](=O)[O-])cc1. The van der Waals surface area contributed by atoms with E-state index in [-0.39, 0.29) is 11.6 Å². The first-order chi connectivity index (χ1) is 13.0. The molecule has 0 aromatic heterocycles. The van der Waals surface area contributed by atoms with Crippen molar-refractivity contribution in [3.63, 3.8) is 0 Å². The van der Waals surface area contributed by atoms with Crippen molar-refractivity contribution in [2.75, 3.05) is 36.4 Å². The molecule has 0 radical (unpaired) electrons. The smallest absolute Gasteiger partial charge is 0.269 e. The molecule has 2 N–H and O–H groups in total. The number of aryl methyl sites for hydroxylation is 2. The molecule has 2 aromatic carbocycles. The van der Waals surface area contributed by atoms with Gasteiger partial charge in [0.25, 0.3) is 5.69 Å². The summed E-state index contributed by atoms with van der Waals surface area (Å²) < 4.78 is 0. The van der Waals surface area contributed by atoms with Crippen molar-refractivity contribution >= 4 is 23.0 Å². The van der Waals surface area contributed by atoms with E-state index in [4.69, 9.17) is 0 Å². The summed E-state index contributed by atoms with van der Waals surface area (Å²) in [6, 6.07) is 12.6. The highest BCUT2D eigenvalue weighted by atomic mass is 16.6. The summed E-state index contributed by atoms with van der Waals surface area (Å²) in [6.45, 7) is 4.38. The Kier molecular flexibility index (Phi) is 5.90. The Morgan fingerprint density at radius 3 is 2.70 bits per heavy atom. The van der Waals surface area contributed by atoms with Gasteiger partial charge in [-0.05, 0) is 43.5 Å². The number of nitro groups is 1. The van der Waals surface area contributed by atoms with Crippen LogP contribution in [0.2, 0.25) is 0 Å². The minimum atomic E-state index is -0.427. The van der Waals surface area contributed by atoms with E-state index >= 15 is 0 Å².